The van der Waals surface area contributed by atoms with Crippen molar-refractivity contribution in [3.63, 3.8) is 0 Å². The maximum Gasteiger partial charge on any atom is 0.254 e. The van der Waals surface area contributed by atoms with E-state index in [1.165, 1.54) is 6.42 Å². The Morgan fingerprint density at radius 2 is 1.79 bits per heavy atom. The molecule has 0 N–H and O–H groups in total. The molecule has 3 heterocycles. The smallest absolute Gasteiger partial charge is 0.254 e. The standard InChI is InChI=1S/C22H30N2O5/c1-15-4-3-7-24(14-15)21(25)16-5-8-23(9-6-16)22(26)17-12-18(27-2)20-19(13-17)28-10-11-29-20/h12-13,15-16H,3-11,14H2,1-2H3. The Hall–Kier alpha value is -2.44. The Morgan fingerprint density at radius 1 is 1.03 bits per heavy atom. The first-order chi connectivity index (χ1) is 14.1. The summed E-state index contributed by atoms with van der Waals surface area (Å²) in [6, 6.07) is 3.44. The molecule has 1 aromatic rings. The summed E-state index contributed by atoms with van der Waals surface area (Å²) in [7, 11) is 1.56. The normalized spacial score (nSPS) is 22.3. The molecule has 0 aliphatic carbocycles. The van der Waals surface area contributed by atoms with Crippen LogP contribution in [-0.4, -0.2) is 68.1 Å². The van der Waals surface area contributed by atoms with Crippen molar-refractivity contribution in [3.8, 4) is 17.2 Å². The van der Waals surface area contributed by atoms with E-state index in [9.17, 15) is 9.59 Å². The summed E-state index contributed by atoms with van der Waals surface area (Å²) in [6.45, 7) is 6.06. The van der Waals surface area contributed by atoms with E-state index in [-0.39, 0.29) is 17.7 Å². The molecule has 1 unspecified atom stereocenters. The highest BCUT2D eigenvalue weighted by Gasteiger charge is 2.32. The number of hydrogen-bond donors (Lipinski definition) is 0. The largest absolute Gasteiger partial charge is 0.493 e. The number of benzene rings is 1. The average Bonchev–Trinajstić information content (AvgIpc) is 2.77. The van der Waals surface area contributed by atoms with E-state index in [1.807, 2.05) is 9.80 Å². The number of rotatable bonds is 3. The zero-order chi connectivity index (χ0) is 20.4. The van der Waals surface area contributed by atoms with Gasteiger partial charge in [0.15, 0.2) is 11.5 Å². The van der Waals surface area contributed by atoms with Crippen LogP contribution in [0.4, 0.5) is 0 Å². The summed E-state index contributed by atoms with van der Waals surface area (Å²) in [5.74, 6) is 2.43. The summed E-state index contributed by atoms with van der Waals surface area (Å²) in [4.78, 5) is 29.8. The van der Waals surface area contributed by atoms with Crippen molar-refractivity contribution < 1.29 is 23.8 Å². The van der Waals surface area contributed by atoms with Crippen molar-refractivity contribution >= 4 is 11.8 Å². The van der Waals surface area contributed by atoms with Crippen LogP contribution in [0, 0.1) is 11.8 Å². The van der Waals surface area contributed by atoms with Gasteiger partial charge < -0.3 is 24.0 Å². The number of ether oxygens (including phenoxy) is 3. The fraction of sp³-hybridized carbons (Fsp3) is 0.636. The SMILES string of the molecule is COc1cc(C(=O)N2CCC(C(=O)N3CCCC(C)C3)CC2)cc2c1OCCO2. The fourth-order valence-corrected chi connectivity index (χ4v) is 4.56. The molecule has 0 saturated carbocycles. The van der Waals surface area contributed by atoms with E-state index in [2.05, 4.69) is 6.92 Å². The molecule has 7 heteroatoms. The maximum atomic E-state index is 13.1. The quantitative estimate of drug-likeness (QED) is 0.777. The molecular formula is C22H30N2O5. The second-order valence-corrected chi connectivity index (χ2v) is 8.30. The summed E-state index contributed by atoms with van der Waals surface area (Å²) in [5, 5.41) is 0. The van der Waals surface area contributed by atoms with Crippen LogP contribution in [0.5, 0.6) is 17.2 Å². The zero-order valence-electron chi connectivity index (χ0n) is 17.3. The van der Waals surface area contributed by atoms with E-state index < -0.39 is 0 Å². The minimum atomic E-state index is -0.0576. The van der Waals surface area contributed by atoms with Gasteiger partial charge >= 0.3 is 0 Å². The van der Waals surface area contributed by atoms with Gasteiger partial charge in [-0.1, -0.05) is 6.92 Å². The number of fused-ring (bicyclic) bond motifs is 1. The maximum absolute atomic E-state index is 13.1. The van der Waals surface area contributed by atoms with Gasteiger partial charge in [-0.05, 0) is 43.7 Å². The molecule has 158 valence electrons. The van der Waals surface area contributed by atoms with Crippen LogP contribution in [0.1, 0.15) is 43.0 Å². The van der Waals surface area contributed by atoms with Crippen LogP contribution in [0.15, 0.2) is 12.1 Å². The van der Waals surface area contributed by atoms with E-state index in [4.69, 9.17) is 14.2 Å². The van der Waals surface area contributed by atoms with E-state index in [0.29, 0.717) is 55.0 Å². The van der Waals surface area contributed by atoms with E-state index in [0.717, 1.165) is 32.4 Å². The highest BCUT2D eigenvalue weighted by molar-refractivity contribution is 5.96. The lowest BCUT2D eigenvalue weighted by Gasteiger charge is -2.37. The monoisotopic (exact) mass is 402 g/mol. The Labute approximate surface area is 171 Å². The van der Waals surface area contributed by atoms with Crippen LogP contribution >= 0.6 is 0 Å². The third-order valence-electron chi connectivity index (χ3n) is 6.18. The number of carbonyl (C=O) groups is 2. The van der Waals surface area contributed by atoms with Crippen LogP contribution in [0.2, 0.25) is 0 Å². The van der Waals surface area contributed by atoms with Crippen molar-refractivity contribution in [2.24, 2.45) is 11.8 Å². The lowest BCUT2D eigenvalue weighted by Crippen LogP contribution is -2.47. The number of nitrogens with zero attached hydrogens (tertiary/aromatic N) is 2. The molecule has 0 aromatic heterocycles. The van der Waals surface area contributed by atoms with E-state index in [1.54, 1.807) is 19.2 Å². The molecule has 1 aromatic carbocycles. The molecule has 2 fully saturated rings. The Morgan fingerprint density at radius 3 is 2.52 bits per heavy atom. The van der Waals surface area contributed by atoms with Crippen molar-refractivity contribution in [1.82, 2.24) is 9.80 Å². The third-order valence-corrected chi connectivity index (χ3v) is 6.18. The van der Waals surface area contributed by atoms with Crippen LogP contribution in [0.25, 0.3) is 0 Å². The molecule has 29 heavy (non-hydrogen) atoms. The van der Waals surface area contributed by atoms with Gasteiger partial charge in [-0.15, -0.1) is 0 Å². The molecule has 4 rings (SSSR count). The molecule has 3 aliphatic heterocycles. The number of hydrogen-bond acceptors (Lipinski definition) is 5. The summed E-state index contributed by atoms with van der Waals surface area (Å²) in [6.07, 6.45) is 3.74. The molecule has 0 bridgehead atoms. The number of methoxy groups -OCH3 is 1. The van der Waals surface area contributed by atoms with Crippen LogP contribution in [-0.2, 0) is 4.79 Å². The first-order valence-electron chi connectivity index (χ1n) is 10.6. The minimum absolute atomic E-state index is 0.0270. The Bertz CT molecular complexity index is 755. The van der Waals surface area contributed by atoms with Gasteiger partial charge in [0.2, 0.25) is 11.7 Å². The number of carbonyl (C=O) groups excluding carboxylic acids is 2. The first-order valence-corrected chi connectivity index (χ1v) is 10.6. The molecule has 0 spiro atoms. The van der Waals surface area contributed by atoms with Gasteiger partial charge in [0.25, 0.3) is 5.91 Å². The highest BCUT2D eigenvalue weighted by atomic mass is 16.6. The van der Waals surface area contributed by atoms with Gasteiger partial charge in [-0.3, -0.25) is 9.59 Å². The minimum Gasteiger partial charge on any atom is -0.493 e. The molecule has 0 radical (unpaired) electrons. The third kappa shape index (κ3) is 4.14. The Balaban J connectivity index is 1.40. The molecule has 1 atom stereocenters. The number of likely N-dealkylation sites (tertiary alicyclic amines) is 2. The predicted octanol–water partition coefficient (Wildman–Crippen LogP) is 2.58. The lowest BCUT2D eigenvalue weighted by molar-refractivity contribution is -0.138. The van der Waals surface area contributed by atoms with Gasteiger partial charge in [0, 0.05) is 37.7 Å². The molecule has 2 saturated heterocycles. The predicted molar refractivity (Wildman–Crippen MR) is 108 cm³/mol. The van der Waals surface area contributed by atoms with Crippen molar-refractivity contribution in [2.45, 2.75) is 32.6 Å². The zero-order valence-corrected chi connectivity index (χ0v) is 17.3. The topological polar surface area (TPSA) is 68.3 Å². The summed E-state index contributed by atoms with van der Waals surface area (Å²) < 4.78 is 16.6. The van der Waals surface area contributed by atoms with Crippen molar-refractivity contribution in [2.75, 3.05) is 46.5 Å². The van der Waals surface area contributed by atoms with Gasteiger partial charge in [0.1, 0.15) is 13.2 Å². The molecule has 7 nitrogen and oxygen atoms in total. The second kappa shape index (κ2) is 8.51. The number of piperidine rings is 2. The van der Waals surface area contributed by atoms with Crippen molar-refractivity contribution in [3.05, 3.63) is 17.7 Å². The molecule has 2 amide bonds. The highest BCUT2D eigenvalue weighted by Crippen LogP contribution is 2.40. The summed E-state index contributed by atoms with van der Waals surface area (Å²) in [5.41, 5.74) is 0.528. The van der Waals surface area contributed by atoms with Gasteiger partial charge in [0.05, 0.1) is 7.11 Å². The van der Waals surface area contributed by atoms with Crippen LogP contribution < -0.4 is 14.2 Å². The van der Waals surface area contributed by atoms with Gasteiger partial charge in [-0.25, -0.2) is 0 Å². The molecule has 3 aliphatic rings. The molecular weight excluding hydrogens is 372 g/mol. The van der Waals surface area contributed by atoms with E-state index >= 15 is 0 Å². The van der Waals surface area contributed by atoms with Crippen LogP contribution in [0.3, 0.4) is 0 Å². The fourth-order valence-electron chi connectivity index (χ4n) is 4.56. The summed E-state index contributed by atoms with van der Waals surface area (Å²) >= 11 is 0. The van der Waals surface area contributed by atoms with Gasteiger partial charge in [-0.2, -0.15) is 0 Å². The Kier molecular flexibility index (Phi) is 5.83. The average molecular weight is 402 g/mol. The van der Waals surface area contributed by atoms with Crippen molar-refractivity contribution in [1.29, 1.82) is 0 Å². The number of amides is 2. The second-order valence-electron chi connectivity index (χ2n) is 8.30. The lowest BCUT2D eigenvalue weighted by atomic mass is 9.92. The first kappa shape index (κ1) is 19.9.